The highest BCUT2D eigenvalue weighted by molar-refractivity contribution is 5.67. The van der Waals surface area contributed by atoms with E-state index in [1.165, 1.54) is 0 Å². The molecule has 1 aromatic carbocycles. The van der Waals surface area contributed by atoms with Crippen molar-refractivity contribution in [2.45, 2.75) is 32.7 Å². The lowest BCUT2D eigenvalue weighted by Gasteiger charge is -2.35. The Morgan fingerprint density at radius 2 is 1.93 bits per heavy atom. The summed E-state index contributed by atoms with van der Waals surface area (Å²) in [7, 11) is 0. The first-order chi connectivity index (χ1) is 14.1. The highest BCUT2D eigenvalue weighted by atomic mass is 16.5. The second-order valence-electron chi connectivity index (χ2n) is 7.22. The maximum absolute atomic E-state index is 9.36. The Kier molecular flexibility index (Phi) is 5.64. The summed E-state index contributed by atoms with van der Waals surface area (Å²) >= 11 is 0. The van der Waals surface area contributed by atoms with Crippen LogP contribution in [0.25, 0.3) is 11.1 Å². The zero-order valence-corrected chi connectivity index (χ0v) is 16.5. The Morgan fingerprint density at radius 1 is 1.10 bits per heavy atom. The maximum Gasteiger partial charge on any atom is 0.227 e. The van der Waals surface area contributed by atoms with Crippen molar-refractivity contribution in [2.24, 2.45) is 0 Å². The third kappa shape index (κ3) is 4.67. The number of ether oxygens (including phenoxy) is 1. The van der Waals surface area contributed by atoms with E-state index in [4.69, 9.17) is 4.74 Å². The molecule has 150 valence electrons. The summed E-state index contributed by atoms with van der Waals surface area (Å²) in [5, 5.41) is 20.8. The zero-order valence-electron chi connectivity index (χ0n) is 16.5. The molecule has 2 aromatic heterocycles. The predicted octanol–water partition coefficient (Wildman–Crippen LogP) is 2.78. The minimum absolute atomic E-state index is 0.0000538. The zero-order chi connectivity index (χ0) is 20.2. The van der Waals surface area contributed by atoms with Crippen LogP contribution in [0.4, 0.5) is 17.6 Å². The van der Waals surface area contributed by atoms with Gasteiger partial charge in [0.15, 0.2) is 5.82 Å². The first-order valence-electron chi connectivity index (χ1n) is 9.64. The topological polar surface area (TPSA) is 96.3 Å². The molecule has 3 heterocycles. The molecule has 2 atom stereocenters. The fourth-order valence-corrected chi connectivity index (χ4v) is 3.48. The van der Waals surface area contributed by atoms with Crippen LogP contribution in [0.15, 0.2) is 48.8 Å². The molecule has 0 aliphatic carbocycles. The lowest BCUT2D eigenvalue weighted by molar-refractivity contribution is -0.00571. The van der Waals surface area contributed by atoms with Crippen LogP contribution in [0.3, 0.4) is 0 Å². The number of rotatable bonds is 5. The first-order valence-corrected chi connectivity index (χ1v) is 9.64. The number of nitrogens with zero attached hydrogens (tertiary/aromatic N) is 5. The lowest BCUT2D eigenvalue weighted by atomic mass is 10.1. The van der Waals surface area contributed by atoms with Crippen LogP contribution in [-0.4, -0.2) is 50.6 Å². The molecule has 0 amide bonds. The third-order valence-corrected chi connectivity index (χ3v) is 4.70. The van der Waals surface area contributed by atoms with Crippen LogP contribution >= 0.6 is 0 Å². The van der Waals surface area contributed by atoms with Gasteiger partial charge in [0.05, 0.1) is 25.0 Å². The standard InChI is InChI=1S/C21H24N6O2/c1-14-11-27(12-15(2)29-14)21-22-7-6-19(25-21)24-20-9-18(10-23-26-20)17-5-3-4-16(8-17)13-28/h3-10,14-15,28H,11-13H2,1-2H3,(H,22,24,25,26)/t14-,15+. The van der Waals surface area contributed by atoms with Crippen molar-refractivity contribution < 1.29 is 9.84 Å². The van der Waals surface area contributed by atoms with E-state index in [2.05, 4.69) is 44.2 Å². The number of morpholine rings is 1. The van der Waals surface area contributed by atoms with E-state index in [1.54, 1.807) is 18.5 Å². The fourth-order valence-electron chi connectivity index (χ4n) is 3.48. The molecular weight excluding hydrogens is 368 g/mol. The fraction of sp³-hybridized carbons (Fsp3) is 0.333. The van der Waals surface area contributed by atoms with Gasteiger partial charge in [-0.25, -0.2) is 4.98 Å². The van der Waals surface area contributed by atoms with Gasteiger partial charge in [0.2, 0.25) is 5.95 Å². The van der Waals surface area contributed by atoms with Crippen molar-refractivity contribution >= 4 is 17.6 Å². The third-order valence-electron chi connectivity index (χ3n) is 4.70. The number of nitrogens with one attached hydrogen (secondary N) is 1. The van der Waals surface area contributed by atoms with Crippen LogP contribution in [0.5, 0.6) is 0 Å². The number of hydrogen-bond donors (Lipinski definition) is 2. The quantitative estimate of drug-likeness (QED) is 0.684. The van der Waals surface area contributed by atoms with Crippen LogP contribution in [-0.2, 0) is 11.3 Å². The minimum Gasteiger partial charge on any atom is -0.392 e. The second kappa shape index (κ2) is 8.50. The molecule has 1 aliphatic heterocycles. The van der Waals surface area contributed by atoms with Crippen molar-refractivity contribution in [1.82, 2.24) is 20.2 Å². The molecule has 0 bridgehead atoms. The van der Waals surface area contributed by atoms with E-state index >= 15 is 0 Å². The first kappa shape index (κ1) is 19.2. The average Bonchev–Trinajstić information content (AvgIpc) is 2.73. The van der Waals surface area contributed by atoms with E-state index in [1.807, 2.05) is 30.3 Å². The number of aromatic nitrogens is 4. The molecule has 29 heavy (non-hydrogen) atoms. The van der Waals surface area contributed by atoms with Gasteiger partial charge in [0.25, 0.3) is 0 Å². The van der Waals surface area contributed by atoms with E-state index in [0.717, 1.165) is 29.8 Å². The van der Waals surface area contributed by atoms with Gasteiger partial charge in [-0.1, -0.05) is 18.2 Å². The van der Waals surface area contributed by atoms with Crippen LogP contribution in [0.2, 0.25) is 0 Å². The number of anilines is 3. The molecular formula is C21H24N6O2. The normalized spacial score (nSPS) is 19.2. The average molecular weight is 392 g/mol. The Balaban J connectivity index is 1.54. The van der Waals surface area contributed by atoms with E-state index in [-0.39, 0.29) is 18.8 Å². The summed E-state index contributed by atoms with van der Waals surface area (Å²) in [4.78, 5) is 11.2. The number of aliphatic hydroxyl groups excluding tert-OH is 1. The molecule has 1 fully saturated rings. The van der Waals surface area contributed by atoms with Crippen molar-refractivity contribution in [3.05, 3.63) is 54.4 Å². The number of aliphatic hydroxyl groups is 1. The SMILES string of the molecule is C[C@@H]1CN(c2nccc(Nc3cc(-c4cccc(CO)c4)cnn3)n2)C[C@H](C)O1. The van der Waals surface area contributed by atoms with E-state index < -0.39 is 0 Å². The molecule has 1 aliphatic rings. The molecule has 3 aromatic rings. The largest absolute Gasteiger partial charge is 0.392 e. The van der Waals surface area contributed by atoms with Crippen LogP contribution in [0.1, 0.15) is 19.4 Å². The van der Waals surface area contributed by atoms with Crippen molar-refractivity contribution in [2.75, 3.05) is 23.3 Å². The summed E-state index contributed by atoms with van der Waals surface area (Å²) in [5.74, 6) is 1.90. The van der Waals surface area contributed by atoms with E-state index in [9.17, 15) is 5.11 Å². The van der Waals surface area contributed by atoms with Crippen molar-refractivity contribution in [3.8, 4) is 11.1 Å². The van der Waals surface area contributed by atoms with E-state index in [0.29, 0.717) is 17.6 Å². The Morgan fingerprint density at radius 3 is 2.72 bits per heavy atom. The predicted molar refractivity (Wildman–Crippen MR) is 111 cm³/mol. The minimum atomic E-state index is -0.0000538. The molecule has 0 unspecified atom stereocenters. The molecule has 4 rings (SSSR count). The van der Waals surface area contributed by atoms with Crippen LogP contribution in [0, 0.1) is 0 Å². The molecule has 0 radical (unpaired) electrons. The summed E-state index contributed by atoms with van der Waals surface area (Å²) in [6, 6.07) is 11.4. The molecule has 8 heteroatoms. The van der Waals surface area contributed by atoms with Gasteiger partial charge >= 0.3 is 0 Å². The smallest absolute Gasteiger partial charge is 0.227 e. The van der Waals surface area contributed by atoms with Gasteiger partial charge < -0.3 is 20.1 Å². The maximum atomic E-state index is 9.36. The summed E-state index contributed by atoms with van der Waals surface area (Å²) in [6.07, 6.45) is 3.70. The molecule has 1 saturated heterocycles. The number of benzene rings is 1. The van der Waals surface area contributed by atoms with Gasteiger partial charge in [0.1, 0.15) is 5.82 Å². The van der Waals surface area contributed by atoms with Crippen molar-refractivity contribution in [3.63, 3.8) is 0 Å². The van der Waals surface area contributed by atoms with Gasteiger partial charge in [-0.15, -0.1) is 5.10 Å². The van der Waals surface area contributed by atoms with Gasteiger partial charge in [0, 0.05) is 24.8 Å². The Hall–Kier alpha value is -3.10. The monoisotopic (exact) mass is 392 g/mol. The van der Waals surface area contributed by atoms with Gasteiger partial charge in [-0.3, -0.25) is 0 Å². The highest BCUT2D eigenvalue weighted by Crippen LogP contribution is 2.24. The Bertz CT molecular complexity index is 973. The molecule has 8 nitrogen and oxygen atoms in total. The van der Waals surface area contributed by atoms with Crippen LogP contribution < -0.4 is 10.2 Å². The molecule has 2 N–H and O–H groups in total. The van der Waals surface area contributed by atoms with Gasteiger partial charge in [-0.05, 0) is 43.2 Å². The summed E-state index contributed by atoms with van der Waals surface area (Å²) in [6.45, 7) is 5.61. The summed E-state index contributed by atoms with van der Waals surface area (Å²) in [5.41, 5.74) is 2.72. The molecule has 0 saturated carbocycles. The highest BCUT2D eigenvalue weighted by Gasteiger charge is 2.24. The Labute approximate surface area is 169 Å². The molecule has 0 spiro atoms. The summed E-state index contributed by atoms with van der Waals surface area (Å²) < 4.78 is 5.79. The second-order valence-corrected chi connectivity index (χ2v) is 7.22. The number of hydrogen-bond acceptors (Lipinski definition) is 8. The lowest BCUT2D eigenvalue weighted by Crippen LogP contribution is -2.46. The van der Waals surface area contributed by atoms with Gasteiger partial charge in [-0.2, -0.15) is 10.1 Å². The van der Waals surface area contributed by atoms with Crippen molar-refractivity contribution in [1.29, 1.82) is 0 Å².